The van der Waals surface area contributed by atoms with Gasteiger partial charge in [-0.1, -0.05) is 0 Å². The molecule has 0 aliphatic heterocycles. The van der Waals surface area contributed by atoms with Crippen LogP contribution in [-0.2, 0) is 4.79 Å². The maximum absolute atomic E-state index is 11.6. The van der Waals surface area contributed by atoms with Crippen molar-refractivity contribution in [1.29, 1.82) is 0 Å². The van der Waals surface area contributed by atoms with E-state index in [9.17, 15) is 18.0 Å². The van der Waals surface area contributed by atoms with Crippen LogP contribution in [0.25, 0.3) is 0 Å². The Kier molecular flexibility index (Phi) is 5.13. The van der Waals surface area contributed by atoms with Crippen molar-refractivity contribution in [3.8, 4) is 0 Å². The van der Waals surface area contributed by atoms with Gasteiger partial charge < -0.3 is 5.32 Å². The summed E-state index contributed by atoms with van der Waals surface area (Å²) in [6, 6.07) is 0. The molecule has 0 radical (unpaired) electrons. The molecular formula is C7H11ClF3NO. The van der Waals surface area contributed by atoms with Crippen LogP contribution < -0.4 is 5.32 Å². The van der Waals surface area contributed by atoms with Crippen LogP contribution in [-0.4, -0.2) is 24.0 Å². The van der Waals surface area contributed by atoms with Gasteiger partial charge in [-0.25, -0.2) is 0 Å². The molecule has 78 valence electrons. The summed E-state index contributed by atoms with van der Waals surface area (Å²) in [5.74, 6) is -1.01. The molecule has 0 aliphatic carbocycles. The molecule has 0 fully saturated rings. The normalized spacial score (nSPS) is 13.9. The molecule has 0 bridgehead atoms. The second-order valence-corrected chi connectivity index (χ2v) is 3.46. The first-order chi connectivity index (χ1) is 5.81. The topological polar surface area (TPSA) is 29.1 Å². The van der Waals surface area contributed by atoms with E-state index in [-0.39, 0.29) is 11.9 Å². The molecule has 0 saturated heterocycles. The average molecular weight is 218 g/mol. The van der Waals surface area contributed by atoms with E-state index >= 15 is 0 Å². The van der Waals surface area contributed by atoms with Crippen molar-refractivity contribution in [2.75, 3.05) is 6.54 Å². The molecule has 0 heterocycles. The zero-order chi connectivity index (χ0) is 10.5. The number of carbonyl (C=O) groups excluding carboxylic acids is 1. The summed E-state index contributed by atoms with van der Waals surface area (Å²) in [5.41, 5.74) is 0. The van der Waals surface area contributed by atoms with E-state index in [1.54, 1.807) is 6.92 Å². The minimum absolute atomic E-state index is 0.147. The highest BCUT2D eigenvalue weighted by Crippen LogP contribution is 2.18. The Morgan fingerprint density at radius 2 is 2.08 bits per heavy atom. The van der Waals surface area contributed by atoms with Gasteiger partial charge in [0.25, 0.3) is 0 Å². The summed E-state index contributed by atoms with van der Waals surface area (Å²) in [5, 5.41) is 1.98. The fourth-order valence-corrected chi connectivity index (χ4v) is 0.764. The molecule has 1 unspecified atom stereocenters. The number of carbonyl (C=O) groups is 1. The van der Waals surface area contributed by atoms with Crippen molar-refractivity contribution in [2.45, 2.75) is 31.3 Å². The van der Waals surface area contributed by atoms with Gasteiger partial charge in [0.1, 0.15) is 6.42 Å². The van der Waals surface area contributed by atoms with Gasteiger partial charge in [0.2, 0.25) is 5.91 Å². The van der Waals surface area contributed by atoms with Gasteiger partial charge in [-0.3, -0.25) is 4.79 Å². The molecule has 0 aliphatic rings. The predicted octanol–water partition coefficient (Wildman–Crippen LogP) is 2.07. The van der Waals surface area contributed by atoms with Gasteiger partial charge >= 0.3 is 6.18 Å². The van der Waals surface area contributed by atoms with Gasteiger partial charge in [-0.2, -0.15) is 13.2 Å². The van der Waals surface area contributed by atoms with Crippen LogP contribution in [0.4, 0.5) is 13.2 Å². The minimum Gasteiger partial charge on any atom is -0.356 e. The number of halogens is 4. The maximum Gasteiger partial charge on any atom is 0.397 e. The van der Waals surface area contributed by atoms with Crippen molar-refractivity contribution in [3.63, 3.8) is 0 Å². The summed E-state index contributed by atoms with van der Waals surface area (Å²) in [6.07, 6.45) is -5.40. The molecule has 0 rings (SSSR count). The zero-order valence-electron chi connectivity index (χ0n) is 7.12. The Morgan fingerprint density at radius 3 is 2.46 bits per heavy atom. The van der Waals surface area contributed by atoms with E-state index in [1.807, 2.05) is 0 Å². The second-order valence-electron chi connectivity index (χ2n) is 2.71. The largest absolute Gasteiger partial charge is 0.397 e. The lowest BCUT2D eigenvalue weighted by Gasteiger charge is -2.07. The molecule has 1 atom stereocenters. The predicted molar refractivity (Wildman–Crippen MR) is 43.6 cm³/mol. The Morgan fingerprint density at radius 1 is 1.54 bits per heavy atom. The van der Waals surface area contributed by atoms with Crippen LogP contribution in [0.2, 0.25) is 0 Å². The fourth-order valence-electron chi connectivity index (χ4n) is 0.655. The number of nitrogens with one attached hydrogen (secondary N) is 1. The van der Waals surface area contributed by atoms with Crippen molar-refractivity contribution in [2.24, 2.45) is 0 Å². The quantitative estimate of drug-likeness (QED) is 0.718. The summed E-state index contributed by atoms with van der Waals surface area (Å²) in [4.78, 5) is 10.6. The van der Waals surface area contributed by atoms with Crippen LogP contribution in [0.15, 0.2) is 0 Å². The lowest BCUT2D eigenvalue weighted by Crippen LogP contribution is -2.30. The zero-order valence-corrected chi connectivity index (χ0v) is 7.87. The van der Waals surface area contributed by atoms with Crippen molar-refractivity contribution in [3.05, 3.63) is 0 Å². The molecule has 0 aromatic rings. The van der Waals surface area contributed by atoms with Crippen LogP contribution >= 0.6 is 11.6 Å². The molecule has 2 nitrogen and oxygen atoms in total. The van der Waals surface area contributed by atoms with Crippen molar-refractivity contribution in [1.82, 2.24) is 5.32 Å². The first-order valence-electron chi connectivity index (χ1n) is 3.79. The number of hydrogen-bond donors (Lipinski definition) is 1. The molecule has 0 spiro atoms. The van der Waals surface area contributed by atoms with Crippen molar-refractivity contribution >= 4 is 17.5 Å². The van der Waals surface area contributed by atoms with Gasteiger partial charge in [0.05, 0.1) is 0 Å². The third-order valence-corrected chi connectivity index (χ3v) is 1.44. The lowest BCUT2D eigenvalue weighted by molar-refractivity contribution is -0.153. The number of amides is 1. The van der Waals surface area contributed by atoms with Crippen LogP contribution in [0.3, 0.4) is 0 Å². The summed E-state index contributed by atoms with van der Waals surface area (Å²) < 4.78 is 34.8. The number of rotatable bonds is 4. The Balaban J connectivity index is 3.53. The van der Waals surface area contributed by atoms with Crippen LogP contribution in [0, 0.1) is 0 Å². The van der Waals surface area contributed by atoms with E-state index < -0.39 is 18.5 Å². The van der Waals surface area contributed by atoms with Gasteiger partial charge in [0, 0.05) is 11.9 Å². The fraction of sp³-hybridized carbons (Fsp3) is 0.857. The molecule has 0 saturated carbocycles. The van der Waals surface area contributed by atoms with E-state index in [0.717, 1.165) is 0 Å². The number of hydrogen-bond acceptors (Lipinski definition) is 1. The summed E-state index contributed by atoms with van der Waals surface area (Å²) in [7, 11) is 0. The van der Waals surface area contributed by atoms with Crippen molar-refractivity contribution < 1.29 is 18.0 Å². The third kappa shape index (κ3) is 9.46. The Labute approximate surface area is 79.4 Å². The van der Waals surface area contributed by atoms with Gasteiger partial charge in [-0.15, -0.1) is 11.6 Å². The van der Waals surface area contributed by atoms with E-state index in [2.05, 4.69) is 5.32 Å². The Hall–Kier alpha value is -0.450. The van der Waals surface area contributed by atoms with Gasteiger partial charge in [0.15, 0.2) is 0 Å². The molecule has 1 amide bonds. The van der Waals surface area contributed by atoms with E-state index in [4.69, 9.17) is 11.6 Å². The Bertz CT molecular complexity index is 170. The first-order valence-corrected chi connectivity index (χ1v) is 4.22. The molecule has 13 heavy (non-hydrogen) atoms. The first kappa shape index (κ1) is 12.6. The minimum atomic E-state index is -4.43. The summed E-state index contributed by atoms with van der Waals surface area (Å²) in [6.45, 7) is 1.89. The smallest absolute Gasteiger partial charge is 0.356 e. The SMILES string of the molecule is CC(Cl)CCNC(=O)CC(F)(F)F. The van der Waals surface area contributed by atoms with E-state index in [0.29, 0.717) is 6.42 Å². The molecule has 0 aromatic heterocycles. The molecular weight excluding hydrogens is 207 g/mol. The highest BCUT2D eigenvalue weighted by atomic mass is 35.5. The van der Waals surface area contributed by atoms with Crippen LogP contribution in [0.5, 0.6) is 0 Å². The van der Waals surface area contributed by atoms with E-state index in [1.165, 1.54) is 0 Å². The standard InChI is InChI=1S/C7H11ClF3NO/c1-5(8)2-3-12-6(13)4-7(9,10)11/h5H,2-4H2,1H3,(H,12,13). The summed E-state index contributed by atoms with van der Waals surface area (Å²) >= 11 is 5.52. The average Bonchev–Trinajstić information content (AvgIpc) is 1.81. The highest BCUT2D eigenvalue weighted by molar-refractivity contribution is 6.20. The second kappa shape index (κ2) is 5.32. The number of alkyl halides is 4. The highest BCUT2D eigenvalue weighted by Gasteiger charge is 2.30. The molecule has 6 heteroatoms. The van der Waals surface area contributed by atoms with Gasteiger partial charge in [-0.05, 0) is 13.3 Å². The maximum atomic E-state index is 11.6. The molecule has 1 N–H and O–H groups in total. The third-order valence-electron chi connectivity index (χ3n) is 1.23. The monoisotopic (exact) mass is 217 g/mol. The molecule has 0 aromatic carbocycles. The lowest BCUT2D eigenvalue weighted by atomic mass is 10.3. The van der Waals surface area contributed by atoms with Crippen LogP contribution in [0.1, 0.15) is 19.8 Å².